The predicted octanol–water partition coefficient (Wildman–Crippen LogP) is 3.22. The van der Waals surface area contributed by atoms with E-state index in [0.29, 0.717) is 34.9 Å². The summed E-state index contributed by atoms with van der Waals surface area (Å²) in [6.07, 6.45) is 1.83. The standard InChI is InChI=1S/C18H18ClFN4O3/c1-9-5-11(7-12(15(9)20)13-3-4-27-18(21)24-13)23-17(25)16-14(26-2)6-10(19)8-22-16/h5-8,13H,3-4H2,1-2H3,(H2,21,24)(H,23,25). The molecule has 1 aliphatic heterocycles. The predicted molar refractivity (Wildman–Crippen MR) is 99.8 cm³/mol. The van der Waals surface area contributed by atoms with Crippen molar-refractivity contribution in [2.24, 2.45) is 10.7 Å². The van der Waals surface area contributed by atoms with Gasteiger partial charge in [0.25, 0.3) is 11.9 Å². The maximum absolute atomic E-state index is 14.6. The Hall–Kier alpha value is -2.87. The van der Waals surface area contributed by atoms with Gasteiger partial charge in [-0.2, -0.15) is 0 Å². The van der Waals surface area contributed by atoms with Crippen molar-refractivity contribution in [2.45, 2.75) is 19.4 Å². The smallest absolute Gasteiger partial charge is 0.282 e. The molecular weight excluding hydrogens is 375 g/mol. The van der Waals surface area contributed by atoms with E-state index in [1.54, 1.807) is 6.92 Å². The van der Waals surface area contributed by atoms with Crippen molar-refractivity contribution in [3.63, 3.8) is 0 Å². The third-order valence-corrected chi connectivity index (χ3v) is 4.28. The highest BCUT2D eigenvalue weighted by atomic mass is 35.5. The molecule has 1 atom stereocenters. The highest BCUT2D eigenvalue weighted by Crippen LogP contribution is 2.31. The van der Waals surface area contributed by atoms with E-state index in [0.717, 1.165) is 0 Å². The molecule has 142 valence electrons. The number of anilines is 1. The Labute approximate surface area is 160 Å². The molecule has 0 radical (unpaired) electrons. The van der Waals surface area contributed by atoms with Gasteiger partial charge in [-0.15, -0.1) is 0 Å². The third-order valence-electron chi connectivity index (χ3n) is 4.08. The zero-order chi connectivity index (χ0) is 19.6. The van der Waals surface area contributed by atoms with Crippen LogP contribution in [-0.4, -0.2) is 30.6 Å². The summed E-state index contributed by atoms with van der Waals surface area (Å²) in [5.41, 5.74) is 6.79. The number of aromatic nitrogens is 1. The van der Waals surface area contributed by atoms with Gasteiger partial charge < -0.3 is 20.5 Å². The maximum Gasteiger partial charge on any atom is 0.282 e. The lowest BCUT2D eigenvalue weighted by Gasteiger charge is -2.21. The molecule has 0 saturated carbocycles. The molecule has 9 heteroatoms. The Morgan fingerprint density at radius 3 is 2.93 bits per heavy atom. The van der Waals surface area contributed by atoms with Crippen LogP contribution in [0.3, 0.4) is 0 Å². The van der Waals surface area contributed by atoms with Crippen LogP contribution < -0.4 is 15.8 Å². The number of aliphatic imine (C=N–C) groups is 1. The third kappa shape index (κ3) is 4.11. The summed E-state index contributed by atoms with van der Waals surface area (Å²) in [6, 6.07) is 4.11. The second kappa shape index (κ2) is 7.79. The van der Waals surface area contributed by atoms with Crippen molar-refractivity contribution in [2.75, 3.05) is 19.0 Å². The van der Waals surface area contributed by atoms with E-state index in [1.165, 1.54) is 31.5 Å². The van der Waals surface area contributed by atoms with E-state index >= 15 is 0 Å². The molecule has 1 unspecified atom stereocenters. The molecular formula is C18H18ClFN4O3. The monoisotopic (exact) mass is 392 g/mol. The molecule has 7 nitrogen and oxygen atoms in total. The van der Waals surface area contributed by atoms with E-state index in [-0.39, 0.29) is 17.5 Å². The molecule has 0 bridgehead atoms. The van der Waals surface area contributed by atoms with Crippen LogP contribution in [0, 0.1) is 12.7 Å². The fourth-order valence-electron chi connectivity index (χ4n) is 2.80. The van der Waals surface area contributed by atoms with Crippen LogP contribution in [0.2, 0.25) is 5.02 Å². The molecule has 0 aliphatic carbocycles. The molecule has 0 saturated heterocycles. The number of ether oxygens (including phenoxy) is 2. The Morgan fingerprint density at radius 2 is 2.22 bits per heavy atom. The number of rotatable bonds is 4. The Bertz CT molecular complexity index is 920. The van der Waals surface area contributed by atoms with E-state index < -0.39 is 17.8 Å². The highest BCUT2D eigenvalue weighted by Gasteiger charge is 2.23. The SMILES string of the molecule is COc1cc(Cl)cnc1C(=O)Nc1cc(C)c(F)c(C2CCOC(N)=N2)c1. The fourth-order valence-corrected chi connectivity index (χ4v) is 2.95. The second-order valence-electron chi connectivity index (χ2n) is 5.98. The number of pyridine rings is 1. The zero-order valence-electron chi connectivity index (χ0n) is 14.8. The van der Waals surface area contributed by atoms with Crippen LogP contribution in [0.4, 0.5) is 10.1 Å². The molecule has 3 rings (SSSR count). The van der Waals surface area contributed by atoms with Crippen molar-refractivity contribution < 1.29 is 18.7 Å². The van der Waals surface area contributed by atoms with Gasteiger partial charge in [0.05, 0.1) is 24.8 Å². The van der Waals surface area contributed by atoms with Gasteiger partial charge in [-0.25, -0.2) is 14.4 Å². The number of methoxy groups -OCH3 is 1. The number of nitrogens with zero attached hydrogens (tertiary/aromatic N) is 2. The highest BCUT2D eigenvalue weighted by molar-refractivity contribution is 6.30. The first-order valence-electron chi connectivity index (χ1n) is 8.16. The lowest BCUT2D eigenvalue weighted by molar-refractivity contribution is 0.101. The van der Waals surface area contributed by atoms with Gasteiger partial charge in [0, 0.05) is 29.9 Å². The molecule has 1 aromatic carbocycles. The lowest BCUT2D eigenvalue weighted by atomic mass is 10.00. The molecule has 2 heterocycles. The summed E-state index contributed by atoms with van der Waals surface area (Å²) in [6.45, 7) is 1.96. The second-order valence-corrected chi connectivity index (χ2v) is 6.41. The first kappa shape index (κ1) is 18.9. The van der Waals surface area contributed by atoms with Gasteiger partial charge in [0.2, 0.25) is 0 Å². The van der Waals surface area contributed by atoms with Crippen molar-refractivity contribution in [1.29, 1.82) is 0 Å². The summed E-state index contributed by atoms with van der Waals surface area (Å²) in [7, 11) is 1.41. The molecule has 3 N–H and O–H groups in total. The number of carbonyl (C=O) groups is 1. The number of halogens is 2. The number of benzene rings is 1. The Morgan fingerprint density at radius 1 is 1.44 bits per heavy atom. The van der Waals surface area contributed by atoms with E-state index in [4.69, 9.17) is 26.8 Å². The first-order valence-corrected chi connectivity index (χ1v) is 8.54. The van der Waals surface area contributed by atoms with Gasteiger partial charge in [-0.1, -0.05) is 11.6 Å². The van der Waals surface area contributed by atoms with Gasteiger partial charge in [-0.3, -0.25) is 4.79 Å². The van der Waals surface area contributed by atoms with Gasteiger partial charge >= 0.3 is 0 Å². The normalized spacial score (nSPS) is 16.3. The fraction of sp³-hybridized carbons (Fsp3) is 0.278. The van der Waals surface area contributed by atoms with Crippen LogP contribution in [0.5, 0.6) is 5.75 Å². The van der Waals surface area contributed by atoms with Crippen molar-refractivity contribution in [1.82, 2.24) is 4.98 Å². The quantitative estimate of drug-likeness (QED) is 0.832. The van der Waals surface area contributed by atoms with Crippen LogP contribution >= 0.6 is 11.6 Å². The average molecular weight is 393 g/mol. The molecule has 1 amide bonds. The molecule has 0 fully saturated rings. The molecule has 0 spiro atoms. The average Bonchev–Trinajstić information content (AvgIpc) is 2.64. The number of nitrogens with one attached hydrogen (secondary N) is 1. The molecule has 1 aromatic heterocycles. The van der Waals surface area contributed by atoms with Crippen molar-refractivity contribution in [3.8, 4) is 5.75 Å². The van der Waals surface area contributed by atoms with Gasteiger partial charge in [0.1, 0.15) is 5.82 Å². The molecule has 2 aromatic rings. The van der Waals surface area contributed by atoms with Crippen molar-refractivity contribution in [3.05, 3.63) is 52.1 Å². The number of amides is 1. The largest absolute Gasteiger partial charge is 0.494 e. The molecule has 27 heavy (non-hydrogen) atoms. The number of hydrogen-bond acceptors (Lipinski definition) is 6. The number of aryl methyl sites for hydroxylation is 1. The maximum atomic E-state index is 14.6. The minimum atomic E-state index is -0.504. The van der Waals surface area contributed by atoms with Crippen LogP contribution in [0.1, 0.15) is 34.1 Å². The van der Waals surface area contributed by atoms with Crippen molar-refractivity contribution >= 4 is 29.2 Å². The minimum Gasteiger partial charge on any atom is -0.494 e. The summed E-state index contributed by atoms with van der Waals surface area (Å²) < 4.78 is 24.8. The number of amidine groups is 1. The van der Waals surface area contributed by atoms with Gasteiger partial charge in [-0.05, 0) is 24.6 Å². The Kier molecular flexibility index (Phi) is 5.46. The van der Waals surface area contributed by atoms with Gasteiger partial charge in [0.15, 0.2) is 11.4 Å². The van der Waals surface area contributed by atoms with E-state index in [9.17, 15) is 9.18 Å². The van der Waals surface area contributed by atoms with Crippen LogP contribution in [-0.2, 0) is 4.74 Å². The summed E-state index contributed by atoms with van der Waals surface area (Å²) in [4.78, 5) is 20.7. The van der Waals surface area contributed by atoms with E-state index in [2.05, 4.69) is 15.3 Å². The summed E-state index contributed by atoms with van der Waals surface area (Å²) >= 11 is 5.87. The minimum absolute atomic E-state index is 0.0212. The summed E-state index contributed by atoms with van der Waals surface area (Å²) in [5.74, 6) is -0.657. The number of carbonyl (C=O) groups excluding carboxylic acids is 1. The summed E-state index contributed by atoms with van der Waals surface area (Å²) in [5, 5.41) is 3.05. The van der Waals surface area contributed by atoms with E-state index in [1.807, 2.05) is 0 Å². The Balaban J connectivity index is 1.92. The topological polar surface area (TPSA) is 98.8 Å². The first-order chi connectivity index (χ1) is 12.9. The van der Waals surface area contributed by atoms with Crippen LogP contribution in [0.15, 0.2) is 29.4 Å². The lowest BCUT2D eigenvalue weighted by Crippen LogP contribution is -2.24. The zero-order valence-corrected chi connectivity index (χ0v) is 15.5. The molecule has 1 aliphatic rings. The van der Waals surface area contributed by atoms with Crippen LogP contribution in [0.25, 0.3) is 0 Å². The number of hydrogen-bond donors (Lipinski definition) is 2. The number of nitrogens with two attached hydrogens (primary N) is 1.